The van der Waals surface area contributed by atoms with Crippen molar-refractivity contribution in [3.05, 3.63) is 54.1 Å². The highest BCUT2D eigenvalue weighted by molar-refractivity contribution is 5.90. The summed E-state index contributed by atoms with van der Waals surface area (Å²) in [7, 11) is 0. The molecule has 1 aromatic carbocycles. The van der Waals surface area contributed by atoms with Crippen LogP contribution in [0.1, 0.15) is 64.4 Å². The lowest BCUT2D eigenvalue weighted by molar-refractivity contribution is -0.150. The number of nitrogens with zero attached hydrogens (tertiary/aromatic N) is 4. The molecule has 2 aliphatic rings. The van der Waals surface area contributed by atoms with E-state index in [4.69, 9.17) is 25.2 Å². The zero-order valence-electron chi connectivity index (χ0n) is 31.1. The van der Waals surface area contributed by atoms with Gasteiger partial charge in [0.2, 0.25) is 0 Å². The molecule has 2 aliphatic heterocycles. The van der Waals surface area contributed by atoms with E-state index in [0.29, 0.717) is 36.6 Å². The van der Waals surface area contributed by atoms with Gasteiger partial charge in [0.1, 0.15) is 6.04 Å². The summed E-state index contributed by atoms with van der Waals surface area (Å²) in [6.45, 7) is 13.3. The minimum atomic E-state index is -4.31. The average Bonchev–Trinajstić information content (AvgIpc) is 3.13. The predicted molar refractivity (Wildman–Crippen MR) is 195 cm³/mol. The Hall–Kier alpha value is -4.48. The van der Waals surface area contributed by atoms with Crippen LogP contribution in [0.2, 0.25) is 0 Å². The highest BCUT2D eigenvalue weighted by Crippen LogP contribution is 2.31. The van der Waals surface area contributed by atoms with Crippen molar-refractivity contribution in [2.45, 2.75) is 71.0 Å². The number of unbranched alkanes of at least 4 members (excludes halogenated alkanes) is 6. The van der Waals surface area contributed by atoms with Crippen LogP contribution in [0.3, 0.4) is 0 Å². The molecule has 2 saturated heterocycles. The number of carbonyl (C=O) groups excluding carboxylic acids is 1. The molecule has 0 saturated carbocycles. The SMILES string of the molecule is CCCCCCCCCOC(=O)C(C)N1CCN(CCN2CCN(c3cccc(C(F)(F)F)c3)CC2)CC1.O=C(O)/C=C/C(=O)O.O=C(O)/C=C/C(=O)O. The van der Waals surface area contributed by atoms with Crippen LogP contribution in [0, 0.1) is 0 Å². The Morgan fingerprint density at radius 1 is 0.704 bits per heavy atom. The maximum atomic E-state index is 13.0. The third kappa shape index (κ3) is 21.9. The van der Waals surface area contributed by atoms with Crippen molar-refractivity contribution in [3.8, 4) is 0 Å². The number of anilines is 1. The number of rotatable bonds is 18. The third-order valence-electron chi connectivity index (χ3n) is 8.67. The van der Waals surface area contributed by atoms with Crippen molar-refractivity contribution in [1.82, 2.24) is 14.7 Å². The monoisotopic (exact) mass is 772 g/mol. The Bertz CT molecular complexity index is 1290. The van der Waals surface area contributed by atoms with E-state index < -0.39 is 35.6 Å². The number of halogens is 3. The number of piperazine rings is 2. The summed E-state index contributed by atoms with van der Waals surface area (Å²) in [5.74, 6) is -5.14. The highest BCUT2D eigenvalue weighted by Gasteiger charge is 2.31. The van der Waals surface area contributed by atoms with E-state index in [1.54, 1.807) is 6.07 Å². The van der Waals surface area contributed by atoms with E-state index in [-0.39, 0.29) is 12.0 Å². The molecule has 2 heterocycles. The molecule has 4 N–H and O–H groups in total. The second-order valence-corrected chi connectivity index (χ2v) is 12.7. The van der Waals surface area contributed by atoms with Gasteiger partial charge in [-0.25, -0.2) is 19.2 Å². The molecule has 54 heavy (non-hydrogen) atoms. The Morgan fingerprint density at radius 3 is 1.59 bits per heavy atom. The minimum absolute atomic E-state index is 0.108. The maximum absolute atomic E-state index is 13.0. The molecule has 0 bridgehead atoms. The fourth-order valence-electron chi connectivity index (χ4n) is 5.55. The quantitative estimate of drug-likeness (QED) is 0.0924. The van der Waals surface area contributed by atoms with Gasteiger partial charge in [-0.2, -0.15) is 13.2 Å². The zero-order chi connectivity index (χ0) is 40.5. The Kier molecular flexibility index (Phi) is 23.2. The third-order valence-corrected chi connectivity index (χ3v) is 8.67. The first kappa shape index (κ1) is 47.5. The van der Waals surface area contributed by atoms with Crippen LogP contribution < -0.4 is 4.90 Å². The van der Waals surface area contributed by atoms with E-state index in [1.165, 1.54) is 44.2 Å². The number of alkyl halides is 3. The van der Waals surface area contributed by atoms with Crippen LogP contribution in [0.25, 0.3) is 0 Å². The van der Waals surface area contributed by atoms with Gasteiger partial charge in [-0.1, -0.05) is 51.5 Å². The van der Waals surface area contributed by atoms with Crippen LogP contribution in [-0.4, -0.2) is 143 Å². The average molecular weight is 773 g/mol. The summed E-state index contributed by atoms with van der Waals surface area (Å²) in [5.41, 5.74) is 0.0537. The minimum Gasteiger partial charge on any atom is -0.478 e. The number of hydrogen-bond donors (Lipinski definition) is 4. The summed E-state index contributed by atoms with van der Waals surface area (Å²) in [6.07, 6.45) is 6.37. The van der Waals surface area contributed by atoms with Crippen molar-refractivity contribution < 1.29 is 62.3 Å². The van der Waals surface area contributed by atoms with Gasteiger partial charge in [-0.3, -0.25) is 19.5 Å². The molecule has 0 amide bonds. The standard InChI is InChI=1S/C29H47F3N4O2.2C4H4O4/c1-3-4-5-6-7-8-9-23-38-28(37)25(2)35-19-15-33(16-20-35)13-14-34-17-21-36(22-18-34)27-12-10-11-26(24-27)29(30,31)32;2*5-3(6)1-2-4(7)8/h10-12,24-25H,3-9,13-23H2,1-2H3;2*1-2H,(H,5,6)(H,7,8)/b;2*2-1+. The van der Waals surface area contributed by atoms with E-state index in [1.807, 2.05) is 11.8 Å². The first-order valence-electron chi connectivity index (χ1n) is 18.1. The van der Waals surface area contributed by atoms with Crippen LogP contribution in [0.4, 0.5) is 18.9 Å². The molecule has 1 atom stereocenters. The summed E-state index contributed by atoms with van der Waals surface area (Å²) >= 11 is 0. The van der Waals surface area contributed by atoms with Gasteiger partial charge in [-0.15, -0.1) is 0 Å². The topological polar surface area (TPSA) is 188 Å². The van der Waals surface area contributed by atoms with E-state index >= 15 is 0 Å². The molecular weight excluding hydrogens is 717 g/mol. The molecule has 2 fully saturated rings. The number of aliphatic carboxylic acids is 4. The number of benzene rings is 1. The fraction of sp³-hybridized carbons (Fsp3) is 0.595. The fourth-order valence-corrected chi connectivity index (χ4v) is 5.55. The van der Waals surface area contributed by atoms with Crippen molar-refractivity contribution in [3.63, 3.8) is 0 Å². The van der Waals surface area contributed by atoms with Gasteiger partial charge < -0.3 is 30.1 Å². The van der Waals surface area contributed by atoms with E-state index in [0.717, 1.165) is 84.4 Å². The zero-order valence-corrected chi connectivity index (χ0v) is 31.1. The molecule has 14 nitrogen and oxygen atoms in total. The van der Waals surface area contributed by atoms with Crippen molar-refractivity contribution in [2.24, 2.45) is 0 Å². The summed E-state index contributed by atoms with van der Waals surface area (Å²) < 4.78 is 44.7. The summed E-state index contributed by atoms with van der Waals surface area (Å²) in [6, 6.07) is 5.42. The molecular formula is C37H55F3N4O10. The molecule has 304 valence electrons. The Labute approximate surface area is 314 Å². The lowest BCUT2D eigenvalue weighted by Gasteiger charge is -2.39. The number of hydrogen-bond acceptors (Lipinski definition) is 10. The van der Waals surface area contributed by atoms with Gasteiger partial charge in [0.25, 0.3) is 0 Å². The number of carboxylic acids is 4. The van der Waals surface area contributed by atoms with Crippen molar-refractivity contribution >= 4 is 35.5 Å². The second-order valence-electron chi connectivity index (χ2n) is 12.7. The summed E-state index contributed by atoms with van der Waals surface area (Å²) in [5, 5.41) is 31.2. The van der Waals surface area contributed by atoms with Gasteiger partial charge in [0, 0.05) is 95.4 Å². The molecule has 1 aromatic rings. The van der Waals surface area contributed by atoms with Crippen LogP contribution in [0.15, 0.2) is 48.6 Å². The lowest BCUT2D eigenvalue weighted by Crippen LogP contribution is -2.54. The number of carbonyl (C=O) groups is 5. The summed E-state index contributed by atoms with van der Waals surface area (Å²) in [4.78, 5) is 59.8. The van der Waals surface area contributed by atoms with Crippen molar-refractivity contribution in [2.75, 3.05) is 77.0 Å². The molecule has 1 unspecified atom stereocenters. The Morgan fingerprint density at radius 2 is 1.15 bits per heavy atom. The van der Waals surface area contributed by atoms with Gasteiger partial charge in [0.05, 0.1) is 12.2 Å². The first-order valence-corrected chi connectivity index (χ1v) is 18.1. The molecule has 0 aliphatic carbocycles. The molecule has 3 rings (SSSR count). The van der Waals surface area contributed by atoms with Crippen LogP contribution in [-0.2, 0) is 34.9 Å². The van der Waals surface area contributed by atoms with E-state index in [2.05, 4.69) is 21.6 Å². The number of carboxylic acid groups (broad SMARTS) is 4. The molecule has 0 spiro atoms. The normalized spacial score (nSPS) is 16.2. The van der Waals surface area contributed by atoms with Crippen LogP contribution >= 0.6 is 0 Å². The second kappa shape index (κ2) is 26.3. The van der Waals surface area contributed by atoms with Gasteiger partial charge in [0.15, 0.2) is 0 Å². The largest absolute Gasteiger partial charge is 0.478 e. The smallest absolute Gasteiger partial charge is 0.416 e. The number of ether oxygens (including phenoxy) is 1. The van der Waals surface area contributed by atoms with E-state index in [9.17, 15) is 37.1 Å². The Balaban J connectivity index is 0.000000757. The maximum Gasteiger partial charge on any atom is 0.416 e. The number of esters is 1. The predicted octanol–water partition coefficient (Wildman–Crippen LogP) is 4.55. The molecule has 0 aromatic heterocycles. The lowest BCUT2D eigenvalue weighted by atomic mass is 10.1. The van der Waals surface area contributed by atoms with Gasteiger partial charge >= 0.3 is 36.0 Å². The highest BCUT2D eigenvalue weighted by atomic mass is 19.4. The molecule has 17 heteroatoms. The first-order chi connectivity index (χ1) is 25.5. The molecule has 0 radical (unpaired) electrons. The van der Waals surface area contributed by atoms with Crippen LogP contribution in [0.5, 0.6) is 0 Å². The van der Waals surface area contributed by atoms with Gasteiger partial charge in [-0.05, 0) is 31.5 Å². The van der Waals surface area contributed by atoms with Crippen molar-refractivity contribution in [1.29, 1.82) is 0 Å².